The van der Waals surface area contributed by atoms with Crippen LogP contribution in [0.4, 0.5) is 0 Å². The van der Waals surface area contributed by atoms with Gasteiger partial charge in [0.15, 0.2) is 5.96 Å². The molecule has 1 aromatic rings. The van der Waals surface area contributed by atoms with E-state index < -0.39 is 0 Å². The van der Waals surface area contributed by atoms with Gasteiger partial charge in [-0.1, -0.05) is 44.2 Å². The molecular weight excluding hydrogens is 473 g/mol. The number of hydrogen-bond acceptors (Lipinski definition) is 3. The van der Waals surface area contributed by atoms with Crippen LogP contribution in [-0.4, -0.2) is 68.1 Å². The first-order valence-corrected chi connectivity index (χ1v) is 11.3. The number of nitrogens with zero attached hydrogens (tertiary/aromatic N) is 3. The Hall–Kier alpha value is -0.860. The summed E-state index contributed by atoms with van der Waals surface area (Å²) in [5.41, 5.74) is 1.38. The van der Waals surface area contributed by atoms with Crippen LogP contribution in [0.15, 0.2) is 35.3 Å². The topological polar surface area (TPSA) is 42.9 Å². The van der Waals surface area contributed by atoms with Crippen LogP contribution in [0.3, 0.4) is 0 Å². The molecule has 2 rings (SSSR count). The number of benzene rings is 1. The zero-order valence-electron chi connectivity index (χ0n) is 18.7. The van der Waals surface area contributed by atoms with Crippen LogP contribution < -0.4 is 10.6 Å². The third kappa shape index (κ3) is 9.66. The monoisotopic (exact) mass is 515 g/mol. The van der Waals surface area contributed by atoms with Crippen molar-refractivity contribution in [3.8, 4) is 0 Å². The molecule has 1 saturated heterocycles. The minimum absolute atomic E-state index is 0. The molecule has 29 heavy (non-hydrogen) atoms. The van der Waals surface area contributed by atoms with Gasteiger partial charge in [0, 0.05) is 13.1 Å². The second kappa shape index (κ2) is 15.9. The van der Waals surface area contributed by atoms with Crippen molar-refractivity contribution < 1.29 is 0 Å². The fourth-order valence-electron chi connectivity index (χ4n) is 3.89. The molecule has 1 atom stereocenters. The van der Waals surface area contributed by atoms with Gasteiger partial charge in [-0.15, -0.1) is 24.0 Å². The van der Waals surface area contributed by atoms with E-state index in [0.29, 0.717) is 6.04 Å². The minimum Gasteiger partial charge on any atom is -0.357 e. The van der Waals surface area contributed by atoms with Crippen molar-refractivity contribution in [2.24, 2.45) is 4.99 Å². The lowest BCUT2D eigenvalue weighted by molar-refractivity contribution is 0.251. The average molecular weight is 516 g/mol. The summed E-state index contributed by atoms with van der Waals surface area (Å²) < 4.78 is 0. The third-order valence-corrected chi connectivity index (χ3v) is 5.62. The molecule has 2 N–H and O–H groups in total. The van der Waals surface area contributed by atoms with Gasteiger partial charge >= 0.3 is 0 Å². The number of aliphatic imine (C=N–C) groups is 1. The highest BCUT2D eigenvalue weighted by molar-refractivity contribution is 14.0. The van der Waals surface area contributed by atoms with Gasteiger partial charge in [0.1, 0.15) is 0 Å². The summed E-state index contributed by atoms with van der Waals surface area (Å²) in [6.45, 7) is 15.1. The quantitative estimate of drug-likeness (QED) is 0.190. The molecule has 0 aliphatic carbocycles. The Morgan fingerprint density at radius 3 is 2.34 bits per heavy atom. The summed E-state index contributed by atoms with van der Waals surface area (Å²) in [5.74, 6) is 0.950. The van der Waals surface area contributed by atoms with E-state index in [-0.39, 0.29) is 24.0 Å². The van der Waals surface area contributed by atoms with Crippen LogP contribution in [0.5, 0.6) is 0 Å². The Morgan fingerprint density at radius 2 is 1.72 bits per heavy atom. The highest BCUT2D eigenvalue weighted by atomic mass is 127. The van der Waals surface area contributed by atoms with Crippen LogP contribution in [0.25, 0.3) is 0 Å². The molecule has 1 aliphatic rings. The van der Waals surface area contributed by atoms with E-state index in [4.69, 9.17) is 4.99 Å². The molecule has 1 aliphatic heterocycles. The van der Waals surface area contributed by atoms with E-state index in [1.54, 1.807) is 0 Å². The van der Waals surface area contributed by atoms with E-state index in [0.717, 1.165) is 38.7 Å². The zero-order chi connectivity index (χ0) is 20.0. The maximum Gasteiger partial charge on any atom is 0.191 e. The molecule has 0 spiro atoms. The number of likely N-dealkylation sites (tertiary alicyclic amines) is 1. The van der Waals surface area contributed by atoms with Crippen molar-refractivity contribution in [3.63, 3.8) is 0 Å². The number of nitrogens with one attached hydrogen (secondary N) is 2. The predicted octanol–water partition coefficient (Wildman–Crippen LogP) is 4.12. The van der Waals surface area contributed by atoms with E-state index >= 15 is 0 Å². The lowest BCUT2D eigenvalue weighted by Crippen LogP contribution is -2.39. The molecule has 1 aromatic carbocycles. The minimum atomic E-state index is 0. The predicted molar refractivity (Wildman–Crippen MR) is 136 cm³/mol. The van der Waals surface area contributed by atoms with Crippen LogP contribution in [0, 0.1) is 0 Å². The molecule has 166 valence electrons. The van der Waals surface area contributed by atoms with Crippen LogP contribution in [0.2, 0.25) is 0 Å². The van der Waals surface area contributed by atoms with E-state index in [9.17, 15) is 0 Å². The molecule has 0 amide bonds. The van der Waals surface area contributed by atoms with Crippen LogP contribution in [0.1, 0.15) is 58.1 Å². The molecule has 1 heterocycles. The number of unbranched alkanes of at least 4 members (excludes halogenated alkanes) is 1. The molecule has 0 bridgehead atoms. The van der Waals surface area contributed by atoms with Crippen molar-refractivity contribution >= 4 is 29.9 Å². The molecule has 6 heteroatoms. The van der Waals surface area contributed by atoms with Crippen molar-refractivity contribution in [3.05, 3.63) is 35.9 Å². The Labute approximate surface area is 195 Å². The SMILES string of the molecule is CCNC(=NCC(c1ccccc1)N1CCCC1)NCCCCN(CC)CC.I. The van der Waals surface area contributed by atoms with Crippen molar-refractivity contribution in [2.45, 2.75) is 52.5 Å². The van der Waals surface area contributed by atoms with Gasteiger partial charge in [-0.05, 0) is 70.9 Å². The van der Waals surface area contributed by atoms with Crippen molar-refractivity contribution in [2.75, 3.05) is 52.4 Å². The largest absolute Gasteiger partial charge is 0.357 e. The average Bonchev–Trinajstić information content (AvgIpc) is 3.26. The maximum atomic E-state index is 4.94. The Kier molecular flexibility index (Phi) is 14.4. The van der Waals surface area contributed by atoms with E-state index in [1.807, 2.05) is 0 Å². The third-order valence-electron chi connectivity index (χ3n) is 5.62. The fraction of sp³-hybridized carbons (Fsp3) is 0.696. The van der Waals surface area contributed by atoms with Crippen molar-refractivity contribution in [1.82, 2.24) is 20.4 Å². The summed E-state index contributed by atoms with van der Waals surface area (Å²) in [5, 5.41) is 6.94. The van der Waals surface area contributed by atoms with Gasteiger partial charge in [-0.3, -0.25) is 9.89 Å². The van der Waals surface area contributed by atoms with Crippen LogP contribution >= 0.6 is 24.0 Å². The maximum absolute atomic E-state index is 4.94. The standard InChI is InChI=1S/C23H41N5.HI/c1-4-24-23(25-16-10-11-17-27(5-2)6-3)26-20-22(28-18-12-13-19-28)21-14-8-7-9-15-21;/h7-9,14-15,22H,4-6,10-13,16-20H2,1-3H3,(H2,24,25,26);1H. The van der Waals surface area contributed by atoms with Gasteiger partial charge in [0.25, 0.3) is 0 Å². The Morgan fingerprint density at radius 1 is 1.03 bits per heavy atom. The molecular formula is C23H42IN5. The van der Waals surface area contributed by atoms with Gasteiger partial charge in [0.2, 0.25) is 0 Å². The smallest absolute Gasteiger partial charge is 0.191 e. The summed E-state index contributed by atoms with van der Waals surface area (Å²) in [4.78, 5) is 10.0. The Bertz CT molecular complexity index is 541. The molecule has 5 nitrogen and oxygen atoms in total. The highest BCUT2D eigenvalue weighted by Crippen LogP contribution is 2.25. The first-order valence-electron chi connectivity index (χ1n) is 11.3. The normalized spacial score (nSPS) is 15.9. The summed E-state index contributed by atoms with van der Waals surface area (Å²) in [6, 6.07) is 11.2. The molecule has 0 aromatic heterocycles. The number of guanidine groups is 1. The van der Waals surface area contributed by atoms with Gasteiger partial charge < -0.3 is 15.5 Å². The number of rotatable bonds is 12. The van der Waals surface area contributed by atoms with E-state index in [1.165, 1.54) is 50.9 Å². The lowest BCUT2D eigenvalue weighted by atomic mass is 10.1. The molecule has 0 radical (unpaired) electrons. The second-order valence-electron chi connectivity index (χ2n) is 7.55. The van der Waals surface area contributed by atoms with Gasteiger partial charge in [0.05, 0.1) is 12.6 Å². The first kappa shape index (κ1) is 26.2. The summed E-state index contributed by atoms with van der Waals surface area (Å²) >= 11 is 0. The highest BCUT2D eigenvalue weighted by Gasteiger charge is 2.23. The van der Waals surface area contributed by atoms with Crippen LogP contribution in [-0.2, 0) is 0 Å². The first-order chi connectivity index (χ1) is 13.8. The molecule has 1 unspecified atom stereocenters. The van der Waals surface area contributed by atoms with Gasteiger partial charge in [-0.2, -0.15) is 0 Å². The fourth-order valence-corrected chi connectivity index (χ4v) is 3.89. The van der Waals surface area contributed by atoms with E-state index in [2.05, 4.69) is 71.5 Å². The molecule has 0 saturated carbocycles. The summed E-state index contributed by atoms with van der Waals surface area (Å²) in [7, 11) is 0. The lowest BCUT2D eigenvalue weighted by Gasteiger charge is -2.27. The molecule has 1 fully saturated rings. The Balaban J connectivity index is 0.00000420. The van der Waals surface area contributed by atoms with Gasteiger partial charge in [-0.25, -0.2) is 0 Å². The number of halogens is 1. The number of hydrogen-bond donors (Lipinski definition) is 2. The van der Waals surface area contributed by atoms with Crippen molar-refractivity contribution in [1.29, 1.82) is 0 Å². The zero-order valence-corrected chi connectivity index (χ0v) is 21.0. The summed E-state index contributed by atoms with van der Waals surface area (Å²) in [6.07, 6.45) is 5.01. The second-order valence-corrected chi connectivity index (χ2v) is 7.55.